The van der Waals surface area contributed by atoms with Crippen molar-refractivity contribution in [3.05, 3.63) is 0 Å². The van der Waals surface area contributed by atoms with Gasteiger partial charge >= 0.3 is 0 Å². The van der Waals surface area contributed by atoms with Crippen LogP contribution in [0.4, 0.5) is 0 Å². The SMILES string of the molecule is CN(CCC1OCCCO1)C1CCC1. The molecule has 0 unspecified atom stereocenters. The minimum Gasteiger partial charge on any atom is -0.353 e. The quantitative estimate of drug-likeness (QED) is 0.687. The zero-order valence-electron chi connectivity index (χ0n) is 9.08. The monoisotopic (exact) mass is 199 g/mol. The van der Waals surface area contributed by atoms with Gasteiger partial charge in [-0.05, 0) is 26.3 Å². The lowest BCUT2D eigenvalue weighted by molar-refractivity contribution is -0.183. The molecule has 1 aliphatic heterocycles. The van der Waals surface area contributed by atoms with Crippen molar-refractivity contribution < 1.29 is 9.47 Å². The van der Waals surface area contributed by atoms with Gasteiger partial charge < -0.3 is 14.4 Å². The molecule has 1 saturated heterocycles. The summed E-state index contributed by atoms with van der Waals surface area (Å²) in [6, 6.07) is 0.832. The first kappa shape index (κ1) is 10.4. The summed E-state index contributed by atoms with van der Waals surface area (Å²) in [5.74, 6) is 0. The van der Waals surface area contributed by atoms with Crippen LogP contribution in [0.25, 0.3) is 0 Å². The van der Waals surface area contributed by atoms with Gasteiger partial charge in [-0.1, -0.05) is 6.42 Å². The van der Waals surface area contributed by atoms with E-state index >= 15 is 0 Å². The molecule has 1 heterocycles. The molecule has 14 heavy (non-hydrogen) atoms. The molecule has 0 aromatic heterocycles. The summed E-state index contributed by atoms with van der Waals surface area (Å²) < 4.78 is 11.0. The van der Waals surface area contributed by atoms with Gasteiger partial charge in [0.15, 0.2) is 6.29 Å². The second-order valence-electron chi connectivity index (χ2n) is 4.38. The van der Waals surface area contributed by atoms with Crippen molar-refractivity contribution in [1.29, 1.82) is 0 Å². The van der Waals surface area contributed by atoms with Gasteiger partial charge in [0.2, 0.25) is 0 Å². The summed E-state index contributed by atoms with van der Waals surface area (Å²) in [4.78, 5) is 2.45. The predicted octanol–water partition coefficient (Wildman–Crippen LogP) is 1.62. The molecule has 3 nitrogen and oxygen atoms in total. The van der Waals surface area contributed by atoms with Crippen LogP contribution in [-0.4, -0.2) is 44.0 Å². The number of hydrogen-bond acceptors (Lipinski definition) is 3. The van der Waals surface area contributed by atoms with Gasteiger partial charge in [-0.3, -0.25) is 0 Å². The van der Waals surface area contributed by atoms with Gasteiger partial charge in [-0.25, -0.2) is 0 Å². The summed E-state index contributed by atoms with van der Waals surface area (Å²) in [6.45, 7) is 2.85. The third-order valence-electron chi connectivity index (χ3n) is 3.31. The van der Waals surface area contributed by atoms with Gasteiger partial charge in [0, 0.05) is 19.0 Å². The lowest BCUT2D eigenvalue weighted by Gasteiger charge is -2.35. The van der Waals surface area contributed by atoms with Crippen LogP contribution in [0.3, 0.4) is 0 Å². The van der Waals surface area contributed by atoms with E-state index in [1.807, 2.05) is 0 Å². The average molecular weight is 199 g/mol. The Labute approximate surface area is 86.4 Å². The highest BCUT2D eigenvalue weighted by atomic mass is 16.7. The molecule has 2 rings (SSSR count). The summed E-state index contributed by atoms with van der Waals surface area (Å²) in [5.41, 5.74) is 0. The highest BCUT2D eigenvalue weighted by Gasteiger charge is 2.23. The number of ether oxygens (including phenoxy) is 2. The van der Waals surface area contributed by atoms with Crippen LogP contribution in [-0.2, 0) is 9.47 Å². The Balaban J connectivity index is 1.60. The fourth-order valence-corrected chi connectivity index (χ4v) is 2.02. The Kier molecular flexibility index (Phi) is 3.79. The topological polar surface area (TPSA) is 21.7 Å². The van der Waals surface area contributed by atoms with Crippen LogP contribution in [0.5, 0.6) is 0 Å². The van der Waals surface area contributed by atoms with Gasteiger partial charge in [0.05, 0.1) is 13.2 Å². The molecular formula is C11H21NO2. The zero-order chi connectivity index (χ0) is 9.80. The summed E-state index contributed by atoms with van der Waals surface area (Å²) in [6.07, 6.45) is 6.30. The van der Waals surface area contributed by atoms with Crippen LogP contribution in [0.2, 0.25) is 0 Å². The van der Waals surface area contributed by atoms with Crippen molar-refractivity contribution in [3.63, 3.8) is 0 Å². The van der Waals surface area contributed by atoms with E-state index in [9.17, 15) is 0 Å². The molecule has 1 aliphatic carbocycles. The molecule has 0 aromatic carbocycles. The van der Waals surface area contributed by atoms with Gasteiger partial charge in [0.25, 0.3) is 0 Å². The van der Waals surface area contributed by atoms with Crippen LogP contribution in [0.1, 0.15) is 32.1 Å². The lowest BCUT2D eigenvalue weighted by atomic mass is 9.92. The van der Waals surface area contributed by atoms with Gasteiger partial charge in [-0.2, -0.15) is 0 Å². The van der Waals surface area contributed by atoms with Crippen molar-refractivity contribution in [2.45, 2.75) is 44.4 Å². The molecule has 82 valence electrons. The largest absolute Gasteiger partial charge is 0.353 e. The van der Waals surface area contributed by atoms with Crippen molar-refractivity contribution in [2.75, 3.05) is 26.8 Å². The second-order valence-corrected chi connectivity index (χ2v) is 4.38. The number of hydrogen-bond donors (Lipinski definition) is 0. The lowest BCUT2D eigenvalue weighted by Crippen LogP contribution is -2.39. The van der Waals surface area contributed by atoms with Gasteiger partial charge in [-0.15, -0.1) is 0 Å². The van der Waals surface area contributed by atoms with Crippen LogP contribution >= 0.6 is 0 Å². The van der Waals surface area contributed by atoms with Gasteiger partial charge in [0.1, 0.15) is 0 Å². The van der Waals surface area contributed by atoms with Crippen LogP contribution in [0.15, 0.2) is 0 Å². The van der Waals surface area contributed by atoms with Crippen LogP contribution < -0.4 is 0 Å². The molecule has 0 aromatic rings. The summed E-state index contributed by atoms with van der Waals surface area (Å²) in [7, 11) is 2.21. The average Bonchev–Trinajstić information content (AvgIpc) is 2.14. The van der Waals surface area contributed by atoms with E-state index in [1.165, 1.54) is 19.3 Å². The first-order valence-corrected chi connectivity index (χ1v) is 5.80. The van der Waals surface area contributed by atoms with E-state index in [-0.39, 0.29) is 6.29 Å². The molecule has 2 aliphatic rings. The Morgan fingerprint density at radius 2 is 1.86 bits per heavy atom. The smallest absolute Gasteiger partial charge is 0.158 e. The maximum atomic E-state index is 5.51. The van der Waals surface area contributed by atoms with Crippen molar-refractivity contribution in [2.24, 2.45) is 0 Å². The van der Waals surface area contributed by atoms with Crippen LogP contribution in [0, 0.1) is 0 Å². The Hall–Kier alpha value is -0.120. The molecule has 0 radical (unpaired) electrons. The maximum absolute atomic E-state index is 5.51. The predicted molar refractivity (Wildman–Crippen MR) is 55.2 cm³/mol. The fourth-order valence-electron chi connectivity index (χ4n) is 2.02. The molecule has 0 N–H and O–H groups in total. The molecule has 2 fully saturated rings. The normalized spacial score (nSPS) is 25.3. The fraction of sp³-hybridized carbons (Fsp3) is 1.00. The first-order valence-electron chi connectivity index (χ1n) is 5.80. The maximum Gasteiger partial charge on any atom is 0.158 e. The number of nitrogens with zero attached hydrogens (tertiary/aromatic N) is 1. The third-order valence-corrected chi connectivity index (χ3v) is 3.31. The molecule has 0 atom stereocenters. The van der Waals surface area contributed by atoms with E-state index in [4.69, 9.17) is 9.47 Å². The van der Waals surface area contributed by atoms with Crippen molar-refractivity contribution in [1.82, 2.24) is 4.90 Å². The van der Waals surface area contributed by atoms with Crippen molar-refractivity contribution >= 4 is 0 Å². The van der Waals surface area contributed by atoms with E-state index < -0.39 is 0 Å². The van der Waals surface area contributed by atoms with E-state index in [1.54, 1.807) is 0 Å². The molecule has 0 bridgehead atoms. The molecule has 1 saturated carbocycles. The summed E-state index contributed by atoms with van der Waals surface area (Å²) >= 11 is 0. The third kappa shape index (κ3) is 2.69. The van der Waals surface area contributed by atoms with E-state index in [2.05, 4.69) is 11.9 Å². The minimum atomic E-state index is 0.0614. The Bertz CT molecular complexity index is 163. The highest BCUT2D eigenvalue weighted by molar-refractivity contribution is 4.77. The Morgan fingerprint density at radius 1 is 1.14 bits per heavy atom. The van der Waals surface area contributed by atoms with E-state index in [0.717, 1.165) is 38.6 Å². The number of rotatable bonds is 4. The molecule has 3 heteroatoms. The second kappa shape index (κ2) is 5.10. The molecule has 0 spiro atoms. The van der Waals surface area contributed by atoms with Crippen molar-refractivity contribution in [3.8, 4) is 0 Å². The molecule has 0 amide bonds. The van der Waals surface area contributed by atoms with E-state index in [0.29, 0.717) is 0 Å². The summed E-state index contributed by atoms with van der Waals surface area (Å²) in [5, 5.41) is 0. The molecular weight excluding hydrogens is 178 g/mol. The Morgan fingerprint density at radius 3 is 2.43 bits per heavy atom. The highest BCUT2D eigenvalue weighted by Crippen LogP contribution is 2.23. The zero-order valence-corrected chi connectivity index (χ0v) is 9.08. The first-order chi connectivity index (χ1) is 6.86. The minimum absolute atomic E-state index is 0.0614. The standard InChI is InChI=1S/C11H21NO2/c1-12(10-4-2-5-10)7-6-11-13-8-3-9-14-11/h10-11H,2-9H2,1H3.